The van der Waals surface area contributed by atoms with E-state index in [1.165, 1.54) is 11.1 Å². The van der Waals surface area contributed by atoms with E-state index in [4.69, 9.17) is 9.98 Å². The van der Waals surface area contributed by atoms with E-state index in [2.05, 4.69) is 91.9 Å². The number of rotatable bonds is 6. The van der Waals surface area contributed by atoms with E-state index in [-0.39, 0.29) is 51.4 Å². The van der Waals surface area contributed by atoms with Crippen molar-refractivity contribution >= 4 is 18.2 Å². The molecule has 0 radical (unpaired) electrons. The van der Waals surface area contributed by atoms with Crippen LogP contribution in [0.4, 0.5) is 0 Å². The molecule has 2 aromatic rings. The van der Waals surface area contributed by atoms with Gasteiger partial charge >= 0.3 is 0 Å². The van der Waals surface area contributed by atoms with Gasteiger partial charge in [0.2, 0.25) is 0 Å². The highest BCUT2D eigenvalue weighted by Gasteiger charge is 2.35. The van der Waals surface area contributed by atoms with E-state index < -0.39 is 0 Å². The smallest absolute Gasteiger partial charge is 0.168 e. The molecule has 272 valence electrons. The molecule has 4 aliphatic rings. The molecule has 0 spiro atoms. The number of allylic oxidation sites excluding steroid dienone is 9. The molecule has 0 heterocycles. The number of nitrogens with zero attached hydrogens (tertiary/aromatic N) is 2. The van der Waals surface area contributed by atoms with Crippen LogP contribution in [0.15, 0.2) is 117 Å². The molecule has 3 N–H and O–H groups in total. The van der Waals surface area contributed by atoms with Crippen LogP contribution in [0.3, 0.4) is 0 Å². The normalized spacial score (nSPS) is 23.2. The maximum absolute atomic E-state index is 13.4. The molecule has 0 saturated carbocycles. The first-order chi connectivity index (χ1) is 24.4. The van der Waals surface area contributed by atoms with Gasteiger partial charge in [-0.3, -0.25) is 14.8 Å². The lowest BCUT2D eigenvalue weighted by Crippen LogP contribution is -2.31. The number of aliphatic imine (C=N–C) groups is 2. The van der Waals surface area contributed by atoms with Gasteiger partial charge in [-0.1, -0.05) is 105 Å². The van der Waals surface area contributed by atoms with Gasteiger partial charge in [0.05, 0.1) is 6.04 Å². The molecule has 0 bridgehead atoms. The average molecular weight is 698 g/mol. The van der Waals surface area contributed by atoms with Gasteiger partial charge in [0.15, 0.2) is 5.78 Å². The fraction of sp³-hybridized carbons (Fsp3) is 0.413. The van der Waals surface area contributed by atoms with Crippen LogP contribution in [-0.2, 0) is 15.6 Å². The second kappa shape index (κ2) is 14.0. The van der Waals surface area contributed by atoms with Crippen molar-refractivity contribution in [3.8, 4) is 11.5 Å². The van der Waals surface area contributed by atoms with Gasteiger partial charge in [0.1, 0.15) is 11.5 Å². The number of ketones is 1. The Hall–Kier alpha value is -4.71. The summed E-state index contributed by atoms with van der Waals surface area (Å²) < 4.78 is 0. The van der Waals surface area contributed by atoms with Gasteiger partial charge in [-0.15, -0.1) is 0 Å². The van der Waals surface area contributed by atoms with Crippen LogP contribution in [-0.4, -0.2) is 34.5 Å². The zero-order chi connectivity index (χ0) is 37.6. The third-order valence-electron chi connectivity index (χ3n) is 10.7. The van der Waals surface area contributed by atoms with Crippen molar-refractivity contribution in [3.05, 3.63) is 129 Å². The predicted octanol–water partition coefficient (Wildman–Crippen LogP) is 10.1. The van der Waals surface area contributed by atoms with Gasteiger partial charge in [-0.2, -0.15) is 0 Å². The Kier molecular flexibility index (Phi) is 9.99. The first kappa shape index (κ1) is 37.1. The molecule has 4 aliphatic carbocycles. The summed E-state index contributed by atoms with van der Waals surface area (Å²) in [5.41, 5.74) is 9.04. The molecule has 52 heavy (non-hydrogen) atoms. The van der Waals surface area contributed by atoms with Crippen molar-refractivity contribution in [2.45, 2.75) is 105 Å². The van der Waals surface area contributed by atoms with Crippen LogP contribution < -0.4 is 5.32 Å². The lowest BCUT2D eigenvalue weighted by atomic mass is 9.71. The Morgan fingerprint density at radius 3 is 2.10 bits per heavy atom. The number of aromatic hydroxyl groups is 2. The first-order valence-electron chi connectivity index (χ1n) is 18.7. The number of para-hydroxylation sites is 2. The van der Waals surface area contributed by atoms with Crippen molar-refractivity contribution in [2.24, 2.45) is 27.2 Å². The van der Waals surface area contributed by atoms with Crippen molar-refractivity contribution < 1.29 is 15.0 Å². The quantitative estimate of drug-likeness (QED) is 0.207. The van der Waals surface area contributed by atoms with E-state index in [9.17, 15) is 15.0 Å². The zero-order valence-corrected chi connectivity index (χ0v) is 32.3. The summed E-state index contributed by atoms with van der Waals surface area (Å²) in [7, 11) is 0. The summed E-state index contributed by atoms with van der Waals surface area (Å²) in [6.45, 7) is 19.0. The van der Waals surface area contributed by atoms with E-state index >= 15 is 0 Å². The Morgan fingerprint density at radius 1 is 0.846 bits per heavy atom. The van der Waals surface area contributed by atoms with Gasteiger partial charge < -0.3 is 15.5 Å². The van der Waals surface area contributed by atoms with Crippen molar-refractivity contribution in [2.75, 3.05) is 0 Å². The largest absolute Gasteiger partial charge is 0.507 e. The Balaban J connectivity index is 1.34. The topological polar surface area (TPSA) is 94.3 Å². The second-order valence-corrected chi connectivity index (χ2v) is 17.9. The van der Waals surface area contributed by atoms with Crippen LogP contribution >= 0.6 is 0 Å². The van der Waals surface area contributed by atoms with Gasteiger partial charge in [0.25, 0.3) is 0 Å². The molecule has 0 amide bonds. The van der Waals surface area contributed by atoms with Gasteiger partial charge in [-0.05, 0) is 93.6 Å². The SMILES string of the molecule is CC(C)(C)c1cccc(C=NC2=CC3=C4C(=CC(N=Cc5cccc(C(C)(C)C)c5O)CC4C2)CC(NC=C2C=CCC(C(C)(C)C)C2=O)=C3)c1O. The molecule has 0 aromatic heterocycles. The fourth-order valence-corrected chi connectivity index (χ4v) is 7.87. The summed E-state index contributed by atoms with van der Waals surface area (Å²) >= 11 is 0. The molecule has 2 aromatic carbocycles. The Bertz CT molecular complexity index is 2010. The maximum Gasteiger partial charge on any atom is 0.168 e. The summed E-state index contributed by atoms with van der Waals surface area (Å²) in [6.07, 6.45) is 19.2. The predicted molar refractivity (Wildman–Crippen MR) is 214 cm³/mol. The summed E-state index contributed by atoms with van der Waals surface area (Å²) in [6, 6.07) is 11.6. The molecule has 0 aliphatic heterocycles. The number of hydrogen-bond donors (Lipinski definition) is 3. The van der Waals surface area contributed by atoms with Gasteiger partial charge in [0, 0.05) is 59.1 Å². The molecule has 3 unspecified atom stereocenters. The molecule has 6 heteroatoms. The lowest BCUT2D eigenvalue weighted by Gasteiger charge is -2.36. The zero-order valence-electron chi connectivity index (χ0n) is 32.3. The number of carbonyl (C=O) groups excluding carboxylic acids is 1. The standard InChI is InChI=1S/C46H55N3O3/c1-44(2,3)37-16-10-13-28(41(37)50)25-47-34-19-31-21-35(48-26-29-14-11-17-38(42(29)51)45(4,5)6)23-33-24-36(22-32(20-34)40(31)33)49-27-30-15-12-18-39(43(30)52)46(7,8)9/h10-17,20,22-23,25-27,31,35,39,49-51H,18-19,21,24H2,1-9H3. The number of phenolic OH excluding ortho intramolecular Hbond substituents is 2. The van der Waals surface area contributed by atoms with Crippen LogP contribution in [0.2, 0.25) is 0 Å². The molecular weight excluding hydrogens is 643 g/mol. The lowest BCUT2D eigenvalue weighted by molar-refractivity contribution is -0.122. The van der Waals surface area contributed by atoms with Crippen molar-refractivity contribution in [1.29, 1.82) is 0 Å². The second-order valence-electron chi connectivity index (χ2n) is 17.9. The molecule has 0 saturated heterocycles. The van der Waals surface area contributed by atoms with Crippen molar-refractivity contribution in [3.63, 3.8) is 0 Å². The first-order valence-corrected chi connectivity index (χ1v) is 18.7. The summed E-state index contributed by atoms with van der Waals surface area (Å²) in [4.78, 5) is 23.4. The van der Waals surface area contributed by atoms with Crippen LogP contribution in [0.25, 0.3) is 0 Å². The molecule has 0 fully saturated rings. The average Bonchev–Trinajstić information content (AvgIpc) is 3.05. The minimum absolute atomic E-state index is 0.0469. The van der Waals surface area contributed by atoms with Crippen molar-refractivity contribution in [1.82, 2.24) is 5.32 Å². The highest BCUT2D eigenvalue weighted by molar-refractivity contribution is 6.01. The van der Waals surface area contributed by atoms with E-state index in [0.717, 1.165) is 52.9 Å². The van der Waals surface area contributed by atoms with Crippen LogP contribution in [0, 0.1) is 17.3 Å². The highest BCUT2D eigenvalue weighted by atomic mass is 16.3. The van der Waals surface area contributed by atoms with E-state index in [1.807, 2.05) is 54.9 Å². The maximum atomic E-state index is 13.4. The number of benzene rings is 2. The molecule has 6 rings (SSSR count). The number of Topliss-reactive ketones (excluding diaryl/α,β-unsaturated/α-hetero) is 1. The minimum atomic E-state index is -0.194. The van der Waals surface area contributed by atoms with Crippen LogP contribution in [0.5, 0.6) is 11.5 Å². The fourth-order valence-electron chi connectivity index (χ4n) is 7.87. The Morgan fingerprint density at radius 2 is 1.48 bits per heavy atom. The highest BCUT2D eigenvalue weighted by Crippen LogP contribution is 2.46. The number of phenols is 2. The molecule has 6 nitrogen and oxygen atoms in total. The number of hydrogen-bond acceptors (Lipinski definition) is 6. The third kappa shape index (κ3) is 7.86. The Labute approximate surface area is 310 Å². The summed E-state index contributed by atoms with van der Waals surface area (Å²) in [5.74, 6) is 0.889. The molecule has 3 atom stereocenters. The van der Waals surface area contributed by atoms with E-state index in [1.54, 1.807) is 6.21 Å². The van der Waals surface area contributed by atoms with E-state index in [0.29, 0.717) is 17.6 Å². The number of carbonyl (C=O) groups is 1. The third-order valence-corrected chi connectivity index (χ3v) is 10.7. The number of nitrogens with one attached hydrogen (secondary N) is 1. The summed E-state index contributed by atoms with van der Waals surface area (Å²) in [5, 5.41) is 25.8. The molecular formula is C46H55N3O3. The minimum Gasteiger partial charge on any atom is -0.507 e. The monoisotopic (exact) mass is 697 g/mol. The van der Waals surface area contributed by atoms with Gasteiger partial charge in [-0.25, -0.2) is 0 Å². The van der Waals surface area contributed by atoms with Crippen LogP contribution in [0.1, 0.15) is 110 Å².